The summed E-state index contributed by atoms with van der Waals surface area (Å²) in [5.74, 6) is -0.202. The zero-order valence-corrected chi connectivity index (χ0v) is 16.0. The Balaban J connectivity index is 2.80. The van der Waals surface area contributed by atoms with Gasteiger partial charge in [-0.1, -0.05) is 50.6 Å². The van der Waals surface area contributed by atoms with E-state index in [4.69, 9.17) is 5.73 Å². The maximum Gasteiger partial charge on any atom is 0.407 e. The van der Waals surface area contributed by atoms with Crippen LogP contribution in [0.2, 0.25) is 0 Å². The summed E-state index contributed by atoms with van der Waals surface area (Å²) in [7, 11) is 1.29. The number of ether oxygens (including phenoxy) is 1. The summed E-state index contributed by atoms with van der Waals surface area (Å²) in [5, 5.41) is 8.80. The van der Waals surface area contributed by atoms with E-state index < -0.39 is 12.1 Å². The maximum absolute atomic E-state index is 12.8. The third-order valence-electron chi connectivity index (χ3n) is 4.44. The van der Waals surface area contributed by atoms with Gasteiger partial charge in [-0.15, -0.1) is 0 Å². The Bertz CT molecular complexity index is 539. The standard InChI is InChI=1S/C19H32N4O3/c1-4-14(2)17(23-19(25)26-3)18(24)22-16(10-11-21-13-20)12-15-8-6-5-7-9-15/h5-9,14,16-17,21H,4,10-13,20H2,1-3H3,(H,22,24)(H,23,25)/t14-,16+,17-/m0/s1. The van der Waals surface area contributed by atoms with Crippen molar-refractivity contribution in [3.8, 4) is 0 Å². The number of carbonyl (C=O) groups excluding carboxylic acids is 2. The lowest BCUT2D eigenvalue weighted by Crippen LogP contribution is -2.53. The molecule has 0 aliphatic heterocycles. The van der Waals surface area contributed by atoms with Crippen LogP contribution in [-0.4, -0.2) is 44.4 Å². The molecule has 0 heterocycles. The highest BCUT2D eigenvalue weighted by Gasteiger charge is 2.27. The highest BCUT2D eigenvalue weighted by Crippen LogP contribution is 2.11. The van der Waals surface area contributed by atoms with Gasteiger partial charge in [0.2, 0.25) is 5.91 Å². The summed E-state index contributed by atoms with van der Waals surface area (Å²) in [4.78, 5) is 24.4. The first-order valence-corrected chi connectivity index (χ1v) is 9.11. The zero-order valence-electron chi connectivity index (χ0n) is 16.0. The van der Waals surface area contributed by atoms with Crippen molar-refractivity contribution in [1.29, 1.82) is 0 Å². The average molecular weight is 364 g/mol. The number of amides is 2. The predicted octanol–water partition coefficient (Wildman–Crippen LogP) is 1.38. The fourth-order valence-electron chi connectivity index (χ4n) is 2.68. The predicted molar refractivity (Wildman–Crippen MR) is 103 cm³/mol. The Morgan fingerprint density at radius 3 is 2.46 bits per heavy atom. The Morgan fingerprint density at radius 2 is 1.88 bits per heavy atom. The van der Waals surface area contributed by atoms with Gasteiger partial charge in [-0.3, -0.25) is 4.79 Å². The molecule has 0 spiro atoms. The SMILES string of the molecule is CC[C@H](C)[C@H](NC(=O)OC)C(=O)N[C@H](CCNCN)Cc1ccccc1. The molecule has 0 bridgehead atoms. The minimum absolute atomic E-state index is 0.00589. The molecule has 3 atom stereocenters. The van der Waals surface area contributed by atoms with E-state index in [9.17, 15) is 9.59 Å². The highest BCUT2D eigenvalue weighted by atomic mass is 16.5. The van der Waals surface area contributed by atoms with Gasteiger partial charge in [0.15, 0.2) is 0 Å². The van der Waals surface area contributed by atoms with Gasteiger partial charge in [0, 0.05) is 12.7 Å². The van der Waals surface area contributed by atoms with Gasteiger partial charge in [0.05, 0.1) is 7.11 Å². The van der Waals surface area contributed by atoms with Gasteiger partial charge in [-0.25, -0.2) is 4.79 Å². The van der Waals surface area contributed by atoms with E-state index in [0.29, 0.717) is 19.6 Å². The lowest BCUT2D eigenvalue weighted by molar-refractivity contribution is -0.125. The van der Waals surface area contributed by atoms with Gasteiger partial charge >= 0.3 is 6.09 Å². The van der Waals surface area contributed by atoms with Crippen LogP contribution in [0.15, 0.2) is 30.3 Å². The largest absolute Gasteiger partial charge is 0.453 e. The number of nitrogens with two attached hydrogens (primary N) is 1. The van der Waals surface area contributed by atoms with E-state index >= 15 is 0 Å². The third-order valence-corrected chi connectivity index (χ3v) is 4.44. The highest BCUT2D eigenvalue weighted by molar-refractivity contribution is 5.86. The van der Waals surface area contributed by atoms with Crippen molar-refractivity contribution in [2.75, 3.05) is 20.3 Å². The average Bonchev–Trinajstić information content (AvgIpc) is 2.66. The molecule has 7 nitrogen and oxygen atoms in total. The molecule has 0 saturated heterocycles. The molecule has 5 N–H and O–H groups in total. The normalized spacial score (nSPS) is 14.2. The van der Waals surface area contributed by atoms with Gasteiger partial charge in [-0.05, 0) is 30.9 Å². The second-order valence-electron chi connectivity index (χ2n) is 6.39. The fourth-order valence-corrected chi connectivity index (χ4v) is 2.68. The molecule has 1 aromatic rings. The van der Waals surface area contributed by atoms with E-state index in [1.165, 1.54) is 7.11 Å². The number of nitrogens with one attached hydrogen (secondary N) is 3. The smallest absolute Gasteiger partial charge is 0.407 e. The van der Waals surface area contributed by atoms with Crippen LogP contribution in [0.25, 0.3) is 0 Å². The van der Waals surface area contributed by atoms with E-state index in [-0.39, 0.29) is 17.9 Å². The third kappa shape index (κ3) is 7.84. The van der Waals surface area contributed by atoms with Gasteiger partial charge in [0.1, 0.15) is 6.04 Å². The minimum atomic E-state index is -0.631. The quantitative estimate of drug-likeness (QED) is 0.351. The van der Waals surface area contributed by atoms with Crippen LogP contribution in [-0.2, 0) is 16.0 Å². The van der Waals surface area contributed by atoms with Crippen LogP contribution in [0.5, 0.6) is 0 Å². The van der Waals surface area contributed by atoms with Crippen molar-refractivity contribution in [3.05, 3.63) is 35.9 Å². The Hall–Kier alpha value is -2.12. The first-order chi connectivity index (χ1) is 12.5. The van der Waals surface area contributed by atoms with Gasteiger partial charge < -0.3 is 26.4 Å². The van der Waals surface area contributed by atoms with Crippen molar-refractivity contribution < 1.29 is 14.3 Å². The molecule has 0 aliphatic rings. The molecule has 0 aromatic heterocycles. The molecule has 0 aliphatic carbocycles. The second kappa shape index (κ2) is 12.3. The first-order valence-electron chi connectivity index (χ1n) is 9.11. The summed E-state index contributed by atoms with van der Waals surface area (Å²) in [5.41, 5.74) is 6.63. The van der Waals surface area contributed by atoms with Crippen molar-refractivity contribution in [2.45, 2.75) is 45.2 Å². The summed E-state index contributed by atoms with van der Waals surface area (Å²) >= 11 is 0. The number of alkyl carbamates (subject to hydrolysis) is 1. The van der Waals surface area contributed by atoms with Crippen LogP contribution in [0.1, 0.15) is 32.3 Å². The van der Waals surface area contributed by atoms with E-state index in [2.05, 4.69) is 20.7 Å². The molecule has 146 valence electrons. The molecule has 7 heteroatoms. The summed E-state index contributed by atoms with van der Waals surface area (Å²) in [6.07, 6.45) is 1.61. The minimum Gasteiger partial charge on any atom is -0.453 e. The number of methoxy groups -OCH3 is 1. The number of hydrogen-bond donors (Lipinski definition) is 4. The van der Waals surface area contributed by atoms with Crippen LogP contribution >= 0.6 is 0 Å². The zero-order chi connectivity index (χ0) is 19.4. The van der Waals surface area contributed by atoms with Crippen LogP contribution in [0, 0.1) is 5.92 Å². The number of rotatable bonds is 11. The molecule has 2 amide bonds. The Morgan fingerprint density at radius 1 is 1.19 bits per heavy atom. The molecule has 26 heavy (non-hydrogen) atoms. The maximum atomic E-state index is 12.8. The summed E-state index contributed by atoms with van der Waals surface area (Å²) in [6, 6.07) is 9.30. The van der Waals surface area contributed by atoms with Gasteiger partial charge in [-0.2, -0.15) is 0 Å². The monoisotopic (exact) mass is 364 g/mol. The first kappa shape index (κ1) is 21.9. The van der Waals surface area contributed by atoms with Crippen LogP contribution in [0.3, 0.4) is 0 Å². The molecule has 0 unspecified atom stereocenters. The van der Waals surface area contributed by atoms with Crippen molar-refractivity contribution in [3.63, 3.8) is 0 Å². The number of carbonyl (C=O) groups is 2. The van der Waals surface area contributed by atoms with Crippen molar-refractivity contribution >= 4 is 12.0 Å². The fraction of sp³-hybridized carbons (Fsp3) is 0.579. The van der Waals surface area contributed by atoms with E-state index in [0.717, 1.165) is 18.4 Å². The van der Waals surface area contributed by atoms with Crippen LogP contribution < -0.4 is 21.7 Å². The Labute approximate surface area is 156 Å². The lowest BCUT2D eigenvalue weighted by atomic mass is 9.97. The second-order valence-corrected chi connectivity index (χ2v) is 6.39. The molecular weight excluding hydrogens is 332 g/mol. The molecule has 0 radical (unpaired) electrons. The number of hydrogen-bond acceptors (Lipinski definition) is 5. The molecular formula is C19H32N4O3. The van der Waals surface area contributed by atoms with E-state index in [1.54, 1.807) is 0 Å². The lowest BCUT2D eigenvalue weighted by Gasteiger charge is -2.26. The van der Waals surface area contributed by atoms with Crippen LogP contribution in [0.4, 0.5) is 4.79 Å². The van der Waals surface area contributed by atoms with Crippen molar-refractivity contribution in [2.24, 2.45) is 11.7 Å². The molecule has 1 rings (SSSR count). The molecule has 0 saturated carbocycles. The summed E-state index contributed by atoms with van der Waals surface area (Å²) in [6.45, 7) is 5.01. The van der Waals surface area contributed by atoms with Gasteiger partial charge in [0.25, 0.3) is 0 Å². The molecule has 1 aromatic carbocycles. The van der Waals surface area contributed by atoms with Crippen molar-refractivity contribution in [1.82, 2.24) is 16.0 Å². The molecule has 0 fully saturated rings. The van der Waals surface area contributed by atoms with E-state index in [1.807, 2.05) is 44.2 Å². The Kier molecular flexibility index (Phi) is 10.3. The topological polar surface area (TPSA) is 105 Å². The summed E-state index contributed by atoms with van der Waals surface area (Å²) < 4.78 is 4.65. The number of benzene rings is 1.